The van der Waals surface area contributed by atoms with E-state index in [9.17, 15) is 9.59 Å². The SMILES string of the molecule is CC(C)[C@@H]1CC(C=O)OC1=O. The van der Waals surface area contributed by atoms with Gasteiger partial charge in [-0.15, -0.1) is 0 Å². The van der Waals surface area contributed by atoms with E-state index in [1.54, 1.807) is 0 Å². The van der Waals surface area contributed by atoms with Gasteiger partial charge in [0.15, 0.2) is 12.4 Å². The maximum Gasteiger partial charge on any atom is 0.310 e. The van der Waals surface area contributed by atoms with Gasteiger partial charge in [0.2, 0.25) is 0 Å². The second-order valence-corrected chi connectivity index (χ2v) is 3.20. The molecule has 3 nitrogen and oxygen atoms in total. The van der Waals surface area contributed by atoms with Gasteiger partial charge in [-0.3, -0.25) is 9.59 Å². The van der Waals surface area contributed by atoms with Crippen molar-refractivity contribution in [2.75, 3.05) is 0 Å². The number of carbonyl (C=O) groups is 2. The van der Waals surface area contributed by atoms with E-state index in [4.69, 9.17) is 4.74 Å². The topological polar surface area (TPSA) is 43.4 Å². The minimum Gasteiger partial charge on any atom is -0.454 e. The Morgan fingerprint density at radius 1 is 1.64 bits per heavy atom. The second-order valence-electron chi connectivity index (χ2n) is 3.20. The predicted octanol–water partition coefficient (Wildman–Crippen LogP) is 0.773. The summed E-state index contributed by atoms with van der Waals surface area (Å²) in [6, 6.07) is 0. The summed E-state index contributed by atoms with van der Waals surface area (Å²) < 4.78 is 4.78. The third-order valence-corrected chi connectivity index (χ3v) is 2.01. The van der Waals surface area contributed by atoms with Crippen LogP contribution >= 0.6 is 0 Å². The van der Waals surface area contributed by atoms with Crippen LogP contribution in [0.15, 0.2) is 0 Å². The van der Waals surface area contributed by atoms with Gasteiger partial charge in [-0.2, -0.15) is 0 Å². The van der Waals surface area contributed by atoms with Gasteiger partial charge in [0, 0.05) is 6.42 Å². The van der Waals surface area contributed by atoms with Crippen LogP contribution in [0.1, 0.15) is 20.3 Å². The highest BCUT2D eigenvalue weighted by atomic mass is 16.6. The molecule has 0 aromatic rings. The summed E-state index contributed by atoms with van der Waals surface area (Å²) in [6.45, 7) is 3.91. The van der Waals surface area contributed by atoms with Gasteiger partial charge in [-0.1, -0.05) is 13.8 Å². The summed E-state index contributed by atoms with van der Waals surface area (Å²) in [5, 5.41) is 0. The summed E-state index contributed by atoms with van der Waals surface area (Å²) in [5.41, 5.74) is 0. The Morgan fingerprint density at radius 2 is 2.27 bits per heavy atom. The molecule has 0 radical (unpaired) electrons. The predicted molar refractivity (Wildman–Crippen MR) is 38.9 cm³/mol. The zero-order valence-corrected chi connectivity index (χ0v) is 6.74. The van der Waals surface area contributed by atoms with Crippen LogP contribution in [-0.4, -0.2) is 18.4 Å². The van der Waals surface area contributed by atoms with Crippen molar-refractivity contribution in [1.82, 2.24) is 0 Å². The first-order chi connectivity index (χ1) is 5.15. The molecule has 1 fully saturated rings. The normalized spacial score (nSPS) is 30.6. The minimum absolute atomic E-state index is 0.0785. The van der Waals surface area contributed by atoms with Crippen molar-refractivity contribution in [2.45, 2.75) is 26.4 Å². The van der Waals surface area contributed by atoms with Crippen LogP contribution in [0.4, 0.5) is 0 Å². The number of carbonyl (C=O) groups excluding carboxylic acids is 2. The number of esters is 1. The molecule has 0 N–H and O–H groups in total. The first kappa shape index (κ1) is 8.24. The molecule has 1 rings (SSSR count). The van der Waals surface area contributed by atoms with Crippen LogP contribution in [0.2, 0.25) is 0 Å². The Hall–Kier alpha value is -0.860. The molecule has 1 saturated heterocycles. The Balaban J connectivity index is 2.58. The molecular formula is C8H12O3. The summed E-state index contributed by atoms with van der Waals surface area (Å²) >= 11 is 0. The second kappa shape index (κ2) is 3.03. The lowest BCUT2D eigenvalue weighted by atomic mass is 9.93. The van der Waals surface area contributed by atoms with Gasteiger partial charge in [-0.05, 0) is 5.92 Å². The Morgan fingerprint density at radius 3 is 2.55 bits per heavy atom. The largest absolute Gasteiger partial charge is 0.454 e. The number of hydrogen-bond acceptors (Lipinski definition) is 3. The van der Waals surface area contributed by atoms with E-state index in [-0.39, 0.29) is 17.8 Å². The van der Waals surface area contributed by atoms with E-state index in [2.05, 4.69) is 0 Å². The molecule has 0 aromatic heterocycles. The van der Waals surface area contributed by atoms with E-state index >= 15 is 0 Å². The fourth-order valence-electron chi connectivity index (χ4n) is 1.26. The minimum atomic E-state index is -0.491. The lowest BCUT2D eigenvalue weighted by molar-refractivity contribution is -0.147. The van der Waals surface area contributed by atoms with Crippen molar-refractivity contribution in [2.24, 2.45) is 11.8 Å². The maximum atomic E-state index is 11.0. The first-order valence-electron chi connectivity index (χ1n) is 3.81. The summed E-state index contributed by atoms with van der Waals surface area (Å²) in [4.78, 5) is 21.2. The molecule has 3 heteroatoms. The first-order valence-corrected chi connectivity index (χ1v) is 3.81. The molecule has 11 heavy (non-hydrogen) atoms. The van der Waals surface area contributed by atoms with E-state index in [0.29, 0.717) is 12.7 Å². The Bertz CT molecular complexity index is 174. The molecule has 1 unspecified atom stereocenters. The van der Waals surface area contributed by atoms with Crippen molar-refractivity contribution in [1.29, 1.82) is 0 Å². The highest BCUT2D eigenvalue weighted by Gasteiger charge is 2.35. The fraction of sp³-hybridized carbons (Fsp3) is 0.750. The highest BCUT2D eigenvalue weighted by molar-refractivity contribution is 5.79. The monoisotopic (exact) mass is 156 g/mol. The van der Waals surface area contributed by atoms with Gasteiger partial charge < -0.3 is 4.74 Å². The third-order valence-electron chi connectivity index (χ3n) is 2.01. The van der Waals surface area contributed by atoms with Crippen molar-refractivity contribution < 1.29 is 14.3 Å². The lowest BCUT2D eigenvalue weighted by Gasteiger charge is -2.07. The van der Waals surface area contributed by atoms with Crippen molar-refractivity contribution in [3.05, 3.63) is 0 Å². The van der Waals surface area contributed by atoms with Crippen LogP contribution in [0.3, 0.4) is 0 Å². The molecule has 0 aromatic carbocycles. The van der Waals surface area contributed by atoms with Crippen LogP contribution in [0.5, 0.6) is 0 Å². The molecular weight excluding hydrogens is 144 g/mol. The summed E-state index contributed by atoms with van der Waals surface area (Å²) in [5.74, 6) is -0.0326. The van der Waals surface area contributed by atoms with Crippen LogP contribution in [-0.2, 0) is 14.3 Å². The van der Waals surface area contributed by atoms with Gasteiger partial charge in [0.25, 0.3) is 0 Å². The van der Waals surface area contributed by atoms with E-state index in [1.807, 2.05) is 13.8 Å². The highest BCUT2D eigenvalue weighted by Crippen LogP contribution is 2.26. The molecule has 1 heterocycles. The van der Waals surface area contributed by atoms with E-state index in [0.717, 1.165) is 0 Å². The third kappa shape index (κ3) is 1.59. The van der Waals surface area contributed by atoms with Crippen molar-refractivity contribution in [3.8, 4) is 0 Å². The van der Waals surface area contributed by atoms with E-state index < -0.39 is 6.10 Å². The smallest absolute Gasteiger partial charge is 0.310 e. The molecule has 0 aliphatic carbocycles. The van der Waals surface area contributed by atoms with Gasteiger partial charge in [0.1, 0.15) is 0 Å². The number of aldehydes is 1. The quantitative estimate of drug-likeness (QED) is 0.438. The summed E-state index contributed by atoms with van der Waals surface area (Å²) in [6.07, 6.45) is 0.759. The van der Waals surface area contributed by atoms with Gasteiger partial charge in [0.05, 0.1) is 5.92 Å². The average Bonchev–Trinajstić information content (AvgIpc) is 2.30. The molecule has 0 spiro atoms. The standard InChI is InChI=1S/C8H12O3/c1-5(2)7-3-6(4-9)11-8(7)10/h4-7H,3H2,1-2H3/t6?,7-/m0/s1. The van der Waals surface area contributed by atoms with Crippen LogP contribution in [0, 0.1) is 11.8 Å². The fourth-order valence-corrected chi connectivity index (χ4v) is 1.26. The molecule has 1 aliphatic heterocycles. The maximum absolute atomic E-state index is 11.0. The lowest BCUT2D eigenvalue weighted by Crippen LogP contribution is -2.13. The Labute approximate surface area is 65.7 Å². The number of ether oxygens (including phenoxy) is 1. The molecule has 1 aliphatic rings. The summed E-state index contributed by atoms with van der Waals surface area (Å²) in [7, 11) is 0. The van der Waals surface area contributed by atoms with Gasteiger partial charge >= 0.3 is 5.97 Å². The van der Waals surface area contributed by atoms with Crippen LogP contribution in [0.25, 0.3) is 0 Å². The number of rotatable bonds is 2. The zero-order chi connectivity index (χ0) is 8.43. The molecule has 0 saturated carbocycles. The van der Waals surface area contributed by atoms with Crippen molar-refractivity contribution >= 4 is 12.3 Å². The number of hydrogen-bond donors (Lipinski definition) is 0. The average molecular weight is 156 g/mol. The van der Waals surface area contributed by atoms with Gasteiger partial charge in [-0.25, -0.2) is 0 Å². The van der Waals surface area contributed by atoms with Crippen molar-refractivity contribution in [3.63, 3.8) is 0 Å². The Kier molecular flexibility index (Phi) is 2.27. The molecule has 62 valence electrons. The molecule has 2 atom stereocenters. The van der Waals surface area contributed by atoms with Crippen LogP contribution < -0.4 is 0 Å². The molecule has 0 bridgehead atoms. The molecule has 0 amide bonds. The number of cyclic esters (lactones) is 1. The zero-order valence-electron chi connectivity index (χ0n) is 6.74. The van der Waals surface area contributed by atoms with E-state index in [1.165, 1.54) is 0 Å².